The average Bonchev–Trinajstić information content (AvgIpc) is 3.10. The molecule has 3 rings (SSSR count). The molecule has 0 radical (unpaired) electrons. The maximum atomic E-state index is 12.7. The summed E-state index contributed by atoms with van der Waals surface area (Å²) >= 11 is 0. The molecule has 1 fully saturated rings. The van der Waals surface area contributed by atoms with Crippen molar-refractivity contribution in [3.8, 4) is 0 Å². The molecule has 136 valence electrons. The van der Waals surface area contributed by atoms with E-state index in [1.54, 1.807) is 0 Å². The summed E-state index contributed by atoms with van der Waals surface area (Å²) in [6.45, 7) is 8.51. The van der Waals surface area contributed by atoms with Crippen LogP contribution in [0, 0.1) is 5.92 Å². The Balaban J connectivity index is 1.70. The molecule has 2 N–H and O–H groups in total. The van der Waals surface area contributed by atoms with Crippen LogP contribution < -0.4 is 5.32 Å². The number of nitrogens with one attached hydrogen (secondary N) is 2. The molecule has 1 aromatic heterocycles. The number of hydrogen-bond donors (Lipinski definition) is 2. The van der Waals surface area contributed by atoms with Crippen LogP contribution in [0.4, 0.5) is 0 Å². The quantitative estimate of drug-likeness (QED) is 0.809. The van der Waals surface area contributed by atoms with Gasteiger partial charge in [-0.25, -0.2) is 0 Å². The number of nitrogens with zero attached hydrogens (tertiary/aromatic N) is 2. The number of carbonyl (C=O) groups is 1. The van der Waals surface area contributed by atoms with E-state index in [0.717, 1.165) is 50.0 Å². The summed E-state index contributed by atoms with van der Waals surface area (Å²) in [5.41, 5.74) is 1.36. The van der Waals surface area contributed by atoms with E-state index in [-0.39, 0.29) is 5.91 Å². The second-order valence-electron chi connectivity index (χ2n) is 6.62. The lowest BCUT2D eigenvalue weighted by Crippen LogP contribution is -2.52. The molecule has 1 aromatic carbocycles. The lowest BCUT2D eigenvalue weighted by atomic mass is 9.92. The highest BCUT2D eigenvalue weighted by molar-refractivity contribution is 6.04. The van der Waals surface area contributed by atoms with E-state index in [9.17, 15) is 4.79 Å². The molecule has 0 saturated carbocycles. The molecule has 1 aliphatic heterocycles. The number of fused-ring (bicyclic) bond motifs is 1. The minimum atomic E-state index is -0.110. The Morgan fingerprint density at radius 3 is 2.72 bits per heavy atom. The molecule has 2 heterocycles. The normalized spacial score (nSPS) is 17.1. The zero-order chi connectivity index (χ0) is 17.6. The molecule has 0 bridgehead atoms. The van der Waals surface area contributed by atoms with E-state index in [4.69, 9.17) is 4.74 Å². The van der Waals surface area contributed by atoms with Crippen LogP contribution in [0.3, 0.4) is 0 Å². The average molecular weight is 344 g/mol. The molecular weight excluding hydrogens is 316 g/mol. The Bertz CT molecular complexity index is 690. The van der Waals surface area contributed by atoms with Gasteiger partial charge >= 0.3 is 0 Å². The van der Waals surface area contributed by atoms with Gasteiger partial charge in [0.1, 0.15) is 0 Å². The van der Waals surface area contributed by atoms with Crippen LogP contribution in [-0.4, -0.2) is 59.9 Å². The minimum absolute atomic E-state index is 0.110. The van der Waals surface area contributed by atoms with Gasteiger partial charge in [-0.05, 0) is 12.0 Å². The number of carbonyl (C=O) groups excluding carboxylic acids is 1. The fraction of sp³-hybridized carbons (Fsp3) is 0.579. The highest BCUT2D eigenvalue weighted by Crippen LogP contribution is 2.20. The van der Waals surface area contributed by atoms with Gasteiger partial charge in [-0.2, -0.15) is 5.10 Å². The topological polar surface area (TPSA) is 70.2 Å². The SMILES string of the molecule is CCC(CC)[C@H](CNC(=O)c1n[nH]c2ccccc12)N1CCOCC1. The van der Waals surface area contributed by atoms with Gasteiger partial charge in [-0.15, -0.1) is 0 Å². The Labute approximate surface area is 148 Å². The summed E-state index contributed by atoms with van der Waals surface area (Å²) in [7, 11) is 0. The van der Waals surface area contributed by atoms with Crippen LogP contribution >= 0.6 is 0 Å². The van der Waals surface area contributed by atoms with E-state index in [2.05, 4.69) is 34.3 Å². The van der Waals surface area contributed by atoms with E-state index in [1.807, 2.05) is 24.3 Å². The van der Waals surface area contributed by atoms with E-state index in [1.165, 1.54) is 0 Å². The van der Waals surface area contributed by atoms with Crippen LogP contribution in [0.2, 0.25) is 0 Å². The zero-order valence-electron chi connectivity index (χ0n) is 15.1. The molecule has 6 heteroatoms. The van der Waals surface area contributed by atoms with Crippen molar-refractivity contribution in [2.75, 3.05) is 32.8 Å². The summed E-state index contributed by atoms with van der Waals surface area (Å²) < 4.78 is 5.49. The van der Waals surface area contributed by atoms with Crippen molar-refractivity contribution in [1.82, 2.24) is 20.4 Å². The van der Waals surface area contributed by atoms with Crippen molar-refractivity contribution >= 4 is 16.8 Å². The fourth-order valence-electron chi connectivity index (χ4n) is 3.75. The first kappa shape index (κ1) is 17.9. The van der Waals surface area contributed by atoms with Gasteiger partial charge in [-0.1, -0.05) is 44.9 Å². The van der Waals surface area contributed by atoms with Gasteiger partial charge < -0.3 is 10.1 Å². The number of rotatable bonds is 7. The molecule has 1 saturated heterocycles. The van der Waals surface area contributed by atoms with Gasteiger partial charge in [0.2, 0.25) is 0 Å². The maximum Gasteiger partial charge on any atom is 0.272 e. The van der Waals surface area contributed by atoms with E-state index >= 15 is 0 Å². The Morgan fingerprint density at radius 2 is 2.00 bits per heavy atom. The third-order valence-electron chi connectivity index (χ3n) is 5.26. The van der Waals surface area contributed by atoms with Crippen LogP contribution in [0.5, 0.6) is 0 Å². The zero-order valence-corrected chi connectivity index (χ0v) is 15.1. The largest absolute Gasteiger partial charge is 0.379 e. The van der Waals surface area contributed by atoms with E-state index in [0.29, 0.717) is 24.2 Å². The highest BCUT2D eigenvalue weighted by Gasteiger charge is 2.27. The Kier molecular flexibility index (Phi) is 6.04. The number of H-pyrrole nitrogens is 1. The first-order chi connectivity index (χ1) is 12.2. The lowest BCUT2D eigenvalue weighted by Gasteiger charge is -2.38. The molecule has 6 nitrogen and oxygen atoms in total. The van der Waals surface area contributed by atoms with Gasteiger partial charge in [0.05, 0.1) is 18.7 Å². The van der Waals surface area contributed by atoms with Crippen molar-refractivity contribution in [3.05, 3.63) is 30.0 Å². The fourth-order valence-corrected chi connectivity index (χ4v) is 3.75. The first-order valence-corrected chi connectivity index (χ1v) is 9.27. The summed E-state index contributed by atoms with van der Waals surface area (Å²) in [5, 5.41) is 11.1. The molecule has 2 aromatic rings. The Morgan fingerprint density at radius 1 is 1.28 bits per heavy atom. The molecule has 25 heavy (non-hydrogen) atoms. The van der Waals surface area contributed by atoms with Gasteiger partial charge in [0.25, 0.3) is 5.91 Å². The van der Waals surface area contributed by atoms with Crippen molar-refractivity contribution in [1.29, 1.82) is 0 Å². The van der Waals surface area contributed by atoms with Crippen LogP contribution in [-0.2, 0) is 4.74 Å². The van der Waals surface area contributed by atoms with Crippen LogP contribution in [0.1, 0.15) is 37.2 Å². The van der Waals surface area contributed by atoms with Gasteiger partial charge in [0.15, 0.2) is 5.69 Å². The molecule has 0 unspecified atom stereocenters. The summed E-state index contributed by atoms with van der Waals surface area (Å²) in [5.74, 6) is 0.455. The van der Waals surface area contributed by atoms with Gasteiger partial charge in [-0.3, -0.25) is 14.8 Å². The number of amides is 1. The van der Waals surface area contributed by atoms with Crippen LogP contribution in [0.15, 0.2) is 24.3 Å². The van der Waals surface area contributed by atoms with E-state index < -0.39 is 0 Å². The van der Waals surface area contributed by atoms with Gasteiger partial charge in [0, 0.05) is 31.1 Å². The second kappa shape index (κ2) is 8.45. The molecule has 1 amide bonds. The van der Waals surface area contributed by atoms with Crippen LogP contribution in [0.25, 0.3) is 10.9 Å². The number of aromatic amines is 1. The third-order valence-corrected chi connectivity index (χ3v) is 5.26. The predicted octanol–water partition coefficient (Wildman–Crippen LogP) is 2.43. The molecule has 1 atom stereocenters. The number of para-hydroxylation sites is 1. The predicted molar refractivity (Wildman–Crippen MR) is 98.7 cm³/mol. The van der Waals surface area contributed by atoms with Crippen molar-refractivity contribution in [3.63, 3.8) is 0 Å². The third kappa shape index (κ3) is 4.02. The molecule has 0 aliphatic carbocycles. The second-order valence-corrected chi connectivity index (χ2v) is 6.62. The molecule has 0 spiro atoms. The number of benzene rings is 1. The standard InChI is InChI=1S/C19H28N4O2/c1-3-14(4-2)17(23-9-11-25-12-10-23)13-20-19(24)18-15-7-5-6-8-16(15)21-22-18/h5-8,14,17H,3-4,9-13H2,1-2H3,(H,20,24)(H,21,22)/t17-/m0/s1. The maximum absolute atomic E-state index is 12.7. The summed E-state index contributed by atoms with van der Waals surface area (Å²) in [4.78, 5) is 15.1. The molecule has 1 aliphatic rings. The van der Waals surface area contributed by atoms with Crippen molar-refractivity contribution in [2.45, 2.75) is 32.7 Å². The number of morpholine rings is 1. The Hall–Kier alpha value is -1.92. The summed E-state index contributed by atoms with van der Waals surface area (Å²) in [6, 6.07) is 8.06. The van der Waals surface area contributed by atoms with Crippen molar-refractivity contribution < 1.29 is 9.53 Å². The summed E-state index contributed by atoms with van der Waals surface area (Å²) in [6.07, 6.45) is 2.22. The lowest BCUT2D eigenvalue weighted by molar-refractivity contribution is 0.00190. The monoisotopic (exact) mass is 344 g/mol. The minimum Gasteiger partial charge on any atom is -0.379 e. The molecular formula is C19H28N4O2. The first-order valence-electron chi connectivity index (χ1n) is 9.27. The number of hydrogen-bond acceptors (Lipinski definition) is 4. The highest BCUT2D eigenvalue weighted by atomic mass is 16.5. The number of ether oxygens (including phenoxy) is 1. The number of aromatic nitrogens is 2. The van der Waals surface area contributed by atoms with Crippen molar-refractivity contribution in [2.24, 2.45) is 5.92 Å². The smallest absolute Gasteiger partial charge is 0.272 e.